The largest absolute Gasteiger partial charge is 0.454 e. The molecule has 10 aromatic rings. The molecule has 1 heterocycles. The van der Waals surface area contributed by atoms with Crippen molar-refractivity contribution >= 4 is 49.8 Å². The van der Waals surface area contributed by atoms with Crippen LogP contribution in [0.5, 0.6) is 0 Å². The zero-order valence-corrected chi connectivity index (χ0v) is 31.9. The Morgan fingerprint density at radius 2 is 1.04 bits per heavy atom. The van der Waals surface area contributed by atoms with Crippen LogP contribution in [0.2, 0.25) is 0 Å². The zero-order valence-electron chi connectivity index (χ0n) is 31.9. The van der Waals surface area contributed by atoms with E-state index in [0.717, 1.165) is 39.0 Å². The van der Waals surface area contributed by atoms with Crippen molar-refractivity contribution in [2.75, 3.05) is 4.90 Å². The van der Waals surface area contributed by atoms with Gasteiger partial charge in [-0.25, -0.2) is 0 Å². The van der Waals surface area contributed by atoms with Crippen molar-refractivity contribution in [1.29, 1.82) is 0 Å². The van der Waals surface area contributed by atoms with Crippen molar-refractivity contribution in [1.82, 2.24) is 0 Å². The first kappa shape index (κ1) is 33.2. The van der Waals surface area contributed by atoms with Crippen LogP contribution < -0.4 is 4.90 Å². The molecule has 11 rings (SSSR count). The van der Waals surface area contributed by atoms with Crippen LogP contribution in [0.3, 0.4) is 0 Å². The van der Waals surface area contributed by atoms with Crippen LogP contribution in [-0.4, -0.2) is 0 Å². The standard InChI is InChI=1S/C55H39NO/c1-55(2)48-23-11-20-44(39-17-7-4-8-18-39)52(48)46-22-13-24-49(53(46)55)56(43-31-28-38(29-32-43)41-27-26-37-16-9-10-19-40(37)34-41)50-25-12-21-45-47-35-42(36-14-5-3-6-15-36)30-33-51(47)57-54(45)50/h3-35H,1-2H3. The maximum absolute atomic E-state index is 6.90. The van der Waals surface area contributed by atoms with E-state index in [4.69, 9.17) is 4.42 Å². The highest BCUT2D eigenvalue weighted by molar-refractivity contribution is 6.12. The van der Waals surface area contributed by atoms with Gasteiger partial charge in [-0.2, -0.15) is 0 Å². The molecule has 0 saturated heterocycles. The Hall–Kier alpha value is -7.16. The number of hydrogen-bond acceptors (Lipinski definition) is 2. The van der Waals surface area contributed by atoms with E-state index in [-0.39, 0.29) is 5.41 Å². The SMILES string of the molecule is CC1(C)c2cccc(-c3ccccc3)c2-c2cccc(N(c3ccc(-c4ccc5ccccc5c4)cc3)c3cccc4c3oc3ccc(-c5ccccc5)cc34)c21. The molecule has 2 nitrogen and oxygen atoms in total. The molecule has 0 amide bonds. The summed E-state index contributed by atoms with van der Waals surface area (Å²) in [5, 5.41) is 4.69. The lowest BCUT2D eigenvalue weighted by Gasteiger charge is -2.32. The van der Waals surface area contributed by atoms with E-state index in [1.54, 1.807) is 0 Å². The van der Waals surface area contributed by atoms with Crippen LogP contribution >= 0.6 is 0 Å². The van der Waals surface area contributed by atoms with Crippen LogP contribution in [-0.2, 0) is 5.41 Å². The van der Waals surface area contributed by atoms with Gasteiger partial charge in [0.15, 0.2) is 5.58 Å². The molecule has 0 saturated carbocycles. The fourth-order valence-electron chi connectivity index (χ4n) is 9.30. The molecule has 1 aromatic heterocycles. The number of para-hydroxylation sites is 1. The van der Waals surface area contributed by atoms with Gasteiger partial charge in [0.1, 0.15) is 5.58 Å². The van der Waals surface area contributed by atoms with Crippen molar-refractivity contribution in [3.8, 4) is 44.5 Å². The van der Waals surface area contributed by atoms with Gasteiger partial charge < -0.3 is 9.32 Å². The Bertz CT molecular complexity index is 3140. The first-order valence-corrected chi connectivity index (χ1v) is 19.8. The molecule has 0 spiro atoms. The maximum atomic E-state index is 6.90. The number of benzene rings is 9. The minimum absolute atomic E-state index is 0.276. The molecule has 0 bridgehead atoms. The highest BCUT2D eigenvalue weighted by atomic mass is 16.3. The summed E-state index contributed by atoms with van der Waals surface area (Å²) in [6.07, 6.45) is 0. The van der Waals surface area contributed by atoms with Gasteiger partial charge in [0, 0.05) is 21.9 Å². The summed E-state index contributed by atoms with van der Waals surface area (Å²) < 4.78 is 6.90. The third-order valence-corrected chi connectivity index (χ3v) is 12.0. The molecular weight excluding hydrogens is 691 g/mol. The van der Waals surface area contributed by atoms with E-state index in [0.29, 0.717) is 0 Å². The Morgan fingerprint density at radius 3 is 1.84 bits per heavy atom. The van der Waals surface area contributed by atoms with Gasteiger partial charge in [0.25, 0.3) is 0 Å². The molecule has 1 aliphatic rings. The summed E-state index contributed by atoms with van der Waals surface area (Å²) in [7, 11) is 0. The number of rotatable bonds is 6. The molecule has 0 fully saturated rings. The Kier molecular flexibility index (Phi) is 7.55. The smallest absolute Gasteiger partial charge is 0.159 e. The van der Waals surface area contributed by atoms with Crippen LogP contribution in [0.4, 0.5) is 17.1 Å². The Labute approximate surface area is 332 Å². The van der Waals surface area contributed by atoms with E-state index in [2.05, 4.69) is 219 Å². The molecule has 0 atom stereocenters. The minimum atomic E-state index is -0.276. The van der Waals surface area contributed by atoms with E-state index < -0.39 is 0 Å². The topological polar surface area (TPSA) is 16.4 Å². The summed E-state index contributed by atoms with van der Waals surface area (Å²) in [5.41, 5.74) is 17.2. The van der Waals surface area contributed by atoms with Crippen LogP contribution in [0.15, 0.2) is 205 Å². The molecule has 0 radical (unpaired) electrons. The highest BCUT2D eigenvalue weighted by Gasteiger charge is 2.40. The number of furan rings is 1. The van der Waals surface area contributed by atoms with Crippen molar-refractivity contribution in [3.05, 3.63) is 211 Å². The van der Waals surface area contributed by atoms with E-state index >= 15 is 0 Å². The van der Waals surface area contributed by atoms with Crippen molar-refractivity contribution < 1.29 is 4.42 Å². The van der Waals surface area contributed by atoms with Gasteiger partial charge >= 0.3 is 0 Å². The second-order valence-electron chi connectivity index (χ2n) is 15.7. The van der Waals surface area contributed by atoms with Crippen molar-refractivity contribution in [2.24, 2.45) is 0 Å². The summed E-state index contributed by atoms with van der Waals surface area (Å²) in [5.74, 6) is 0. The second-order valence-corrected chi connectivity index (χ2v) is 15.7. The molecule has 270 valence electrons. The molecule has 9 aromatic carbocycles. The van der Waals surface area contributed by atoms with Crippen LogP contribution in [0.25, 0.3) is 77.2 Å². The number of fused-ring (bicyclic) bond motifs is 7. The minimum Gasteiger partial charge on any atom is -0.454 e. The molecule has 2 heteroatoms. The average molecular weight is 730 g/mol. The van der Waals surface area contributed by atoms with E-state index in [9.17, 15) is 0 Å². The van der Waals surface area contributed by atoms with Gasteiger partial charge in [-0.05, 0) is 109 Å². The van der Waals surface area contributed by atoms with Crippen molar-refractivity contribution in [2.45, 2.75) is 19.3 Å². The third-order valence-electron chi connectivity index (χ3n) is 12.0. The van der Waals surface area contributed by atoms with Gasteiger partial charge in [0.05, 0.1) is 11.4 Å². The summed E-state index contributed by atoms with van der Waals surface area (Å²) in [6, 6.07) is 72.5. The van der Waals surface area contributed by atoms with Crippen molar-refractivity contribution in [3.63, 3.8) is 0 Å². The summed E-state index contributed by atoms with van der Waals surface area (Å²) >= 11 is 0. The van der Waals surface area contributed by atoms with Gasteiger partial charge in [-0.1, -0.05) is 172 Å². The lowest BCUT2D eigenvalue weighted by molar-refractivity contribution is 0.659. The predicted octanol–water partition coefficient (Wildman–Crippen LogP) is 15.5. The first-order chi connectivity index (χ1) is 28.0. The number of anilines is 3. The maximum Gasteiger partial charge on any atom is 0.159 e. The summed E-state index contributed by atoms with van der Waals surface area (Å²) in [4.78, 5) is 2.43. The number of hydrogen-bond donors (Lipinski definition) is 0. The zero-order chi connectivity index (χ0) is 38.1. The fourth-order valence-corrected chi connectivity index (χ4v) is 9.30. The molecule has 57 heavy (non-hydrogen) atoms. The van der Waals surface area contributed by atoms with E-state index in [1.165, 1.54) is 66.4 Å². The number of nitrogens with zero attached hydrogens (tertiary/aromatic N) is 1. The Morgan fingerprint density at radius 1 is 0.421 bits per heavy atom. The van der Waals surface area contributed by atoms with Crippen LogP contribution in [0, 0.1) is 0 Å². The molecule has 0 unspecified atom stereocenters. The first-order valence-electron chi connectivity index (χ1n) is 19.8. The van der Waals surface area contributed by atoms with Gasteiger partial charge in [-0.15, -0.1) is 0 Å². The lowest BCUT2D eigenvalue weighted by atomic mass is 9.80. The predicted molar refractivity (Wildman–Crippen MR) is 240 cm³/mol. The average Bonchev–Trinajstić information content (AvgIpc) is 3.76. The van der Waals surface area contributed by atoms with Gasteiger partial charge in [-0.3, -0.25) is 0 Å². The van der Waals surface area contributed by atoms with Gasteiger partial charge in [0.2, 0.25) is 0 Å². The monoisotopic (exact) mass is 729 g/mol. The third kappa shape index (κ3) is 5.33. The molecule has 1 aliphatic carbocycles. The quantitative estimate of drug-likeness (QED) is 0.169. The van der Waals surface area contributed by atoms with E-state index in [1.807, 2.05) is 0 Å². The fraction of sp³-hybridized carbons (Fsp3) is 0.0545. The summed E-state index contributed by atoms with van der Waals surface area (Å²) in [6.45, 7) is 4.76. The molecule has 0 aliphatic heterocycles. The lowest BCUT2D eigenvalue weighted by Crippen LogP contribution is -2.20. The Balaban J connectivity index is 1.13. The second kappa shape index (κ2) is 13.0. The normalized spacial score (nSPS) is 12.9. The molecule has 0 N–H and O–H groups in total. The highest BCUT2D eigenvalue weighted by Crippen LogP contribution is 2.57. The van der Waals surface area contributed by atoms with Crippen LogP contribution in [0.1, 0.15) is 25.0 Å². The molecular formula is C55H39NO.